The Morgan fingerprint density at radius 2 is 0.793 bits per heavy atom. The Kier molecular flexibility index (Phi) is 12.0. The third-order valence-electron chi connectivity index (χ3n) is 11.4. The van der Waals surface area contributed by atoms with Crippen LogP contribution in [0.5, 0.6) is 0 Å². The zero-order valence-corrected chi connectivity index (χ0v) is 36.5. The maximum absolute atomic E-state index is 13.8. The van der Waals surface area contributed by atoms with Gasteiger partial charge in [0.15, 0.2) is 0 Å². The molecule has 0 aliphatic heterocycles. The SMILES string of the molecule is CCOC(=O)c1[nH]c(Cc2[nH]c(C(=O)OC(C)(C)C)c(CC)c2CC)c2c1C1CCC2c2c(Cc3[nH]c(C(=O)OC(C)(C)C)c(CC)c3CC)[nH]c(C(=O)OCC)c21. The van der Waals surface area contributed by atoms with Gasteiger partial charge in [-0.1, -0.05) is 27.7 Å². The van der Waals surface area contributed by atoms with E-state index in [-0.39, 0.29) is 25.0 Å². The average molecular weight is 799 g/mol. The fourth-order valence-corrected chi connectivity index (χ4v) is 9.46. The second kappa shape index (κ2) is 16.3. The van der Waals surface area contributed by atoms with Crippen molar-refractivity contribution in [2.45, 2.75) is 157 Å². The van der Waals surface area contributed by atoms with E-state index in [4.69, 9.17) is 18.9 Å². The summed E-state index contributed by atoms with van der Waals surface area (Å²) in [6.45, 7) is 23.4. The standard InChI is InChI=1S/C46H62N4O8/c1-13-23-25(15-3)37(43(53)57-45(7,8)9)47-29(23)21-31-33-27-19-20-28(35(33)39(49-31)41(51)55-17-5)36-34(27)32(50-40(36)42(52)56-18-6)22-30-24(14-2)26(16-4)38(48-30)44(54)58-46(10,11)12/h27-28,47-50H,13-22H2,1-12H3. The summed E-state index contributed by atoms with van der Waals surface area (Å²) in [5.41, 5.74) is 11.7. The van der Waals surface area contributed by atoms with Gasteiger partial charge in [-0.2, -0.15) is 0 Å². The lowest BCUT2D eigenvalue weighted by atomic mass is 9.63. The molecule has 0 saturated carbocycles. The molecule has 0 aromatic carbocycles. The van der Waals surface area contributed by atoms with Crippen molar-refractivity contribution in [3.8, 4) is 0 Å². The van der Waals surface area contributed by atoms with Crippen molar-refractivity contribution >= 4 is 23.9 Å². The molecule has 0 fully saturated rings. The Morgan fingerprint density at radius 3 is 1.10 bits per heavy atom. The minimum Gasteiger partial charge on any atom is -0.461 e. The molecule has 12 heteroatoms. The van der Waals surface area contributed by atoms with Gasteiger partial charge in [0.05, 0.1) is 13.2 Å². The Hall–Kier alpha value is -5.00. The van der Waals surface area contributed by atoms with Gasteiger partial charge < -0.3 is 38.9 Å². The van der Waals surface area contributed by atoms with E-state index >= 15 is 0 Å². The number of rotatable bonds is 14. The van der Waals surface area contributed by atoms with Gasteiger partial charge in [0, 0.05) is 47.5 Å². The van der Waals surface area contributed by atoms with E-state index in [1.54, 1.807) is 13.8 Å². The molecule has 0 radical (unpaired) electrons. The molecule has 7 rings (SSSR count). The van der Waals surface area contributed by atoms with Gasteiger partial charge in [-0.25, -0.2) is 19.2 Å². The van der Waals surface area contributed by atoms with E-state index in [2.05, 4.69) is 33.8 Å². The lowest BCUT2D eigenvalue weighted by molar-refractivity contribution is 0.00498. The number of aromatic amines is 4. The van der Waals surface area contributed by atoms with Gasteiger partial charge in [-0.3, -0.25) is 0 Å². The molecule has 58 heavy (non-hydrogen) atoms. The number of aromatic nitrogens is 4. The number of H-pyrrole nitrogens is 4. The number of esters is 4. The Balaban J connectivity index is 1.52. The largest absolute Gasteiger partial charge is 0.461 e. The fraction of sp³-hybridized carbons (Fsp3) is 0.565. The molecule has 4 heterocycles. The van der Waals surface area contributed by atoms with Gasteiger partial charge in [0.2, 0.25) is 0 Å². The molecular formula is C46H62N4O8. The summed E-state index contributed by atoms with van der Waals surface area (Å²) in [5, 5.41) is 0. The predicted molar refractivity (Wildman–Crippen MR) is 221 cm³/mol. The summed E-state index contributed by atoms with van der Waals surface area (Å²) in [6, 6.07) is 0. The number of carbonyl (C=O) groups is 4. The maximum atomic E-state index is 13.8. The van der Waals surface area contributed by atoms with Crippen molar-refractivity contribution < 1.29 is 38.1 Å². The van der Waals surface area contributed by atoms with E-state index in [9.17, 15) is 19.2 Å². The van der Waals surface area contributed by atoms with Crippen molar-refractivity contribution in [1.29, 1.82) is 0 Å². The fourth-order valence-electron chi connectivity index (χ4n) is 9.46. The molecular weight excluding hydrogens is 737 g/mol. The topological polar surface area (TPSA) is 168 Å². The number of hydrogen-bond donors (Lipinski definition) is 4. The molecule has 4 aromatic rings. The van der Waals surface area contributed by atoms with Gasteiger partial charge in [-0.05, 0) is 138 Å². The second-order valence-corrected chi connectivity index (χ2v) is 17.4. The normalized spacial score (nSPS) is 15.9. The Bertz CT molecular complexity index is 2080. The Labute approximate surface area is 341 Å². The zero-order valence-electron chi connectivity index (χ0n) is 36.5. The number of ether oxygens (including phenoxy) is 4. The molecule has 3 aliphatic rings. The summed E-state index contributed by atoms with van der Waals surface area (Å²) in [4.78, 5) is 68.6. The summed E-state index contributed by atoms with van der Waals surface area (Å²) in [6.07, 6.45) is 5.07. The number of nitrogens with one attached hydrogen (secondary N) is 4. The monoisotopic (exact) mass is 798 g/mol. The van der Waals surface area contributed by atoms with E-state index in [0.29, 0.717) is 61.3 Å². The van der Waals surface area contributed by atoms with E-state index in [1.165, 1.54) is 0 Å². The van der Waals surface area contributed by atoms with Crippen LogP contribution >= 0.6 is 0 Å². The minimum absolute atomic E-state index is 0.161. The lowest BCUT2D eigenvalue weighted by Crippen LogP contribution is -2.27. The first-order valence-corrected chi connectivity index (χ1v) is 21.2. The van der Waals surface area contributed by atoms with Gasteiger partial charge in [-0.15, -0.1) is 0 Å². The first-order chi connectivity index (χ1) is 27.4. The van der Waals surface area contributed by atoms with Crippen LogP contribution in [0.1, 0.15) is 217 Å². The molecule has 0 atom stereocenters. The third kappa shape index (κ3) is 7.78. The third-order valence-corrected chi connectivity index (χ3v) is 11.4. The lowest BCUT2D eigenvalue weighted by Gasteiger charge is -2.38. The highest BCUT2D eigenvalue weighted by atomic mass is 16.6. The van der Waals surface area contributed by atoms with E-state index < -0.39 is 35.1 Å². The van der Waals surface area contributed by atoms with Crippen LogP contribution in [0.3, 0.4) is 0 Å². The Morgan fingerprint density at radius 1 is 0.466 bits per heavy atom. The summed E-state index contributed by atoms with van der Waals surface area (Å²) < 4.78 is 22.9. The van der Waals surface area contributed by atoms with Crippen LogP contribution in [0.4, 0.5) is 0 Å². The first kappa shape index (κ1) is 42.6. The van der Waals surface area contributed by atoms with Crippen LogP contribution in [0.2, 0.25) is 0 Å². The highest BCUT2D eigenvalue weighted by molar-refractivity contribution is 5.95. The molecule has 4 aromatic heterocycles. The van der Waals surface area contributed by atoms with Crippen LogP contribution in [-0.4, -0.2) is 68.2 Å². The van der Waals surface area contributed by atoms with E-state index in [1.807, 2.05) is 55.4 Å². The second-order valence-electron chi connectivity index (χ2n) is 17.4. The van der Waals surface area contributed by atoms with Crippen molar-refractivity contribution in [3.63, 3.8) is 0 Å². The van der Waals surface area contributed by atoms with Crippen LogP contribution in [0.15, 0.2) is 0 Å². The molecule has 3 aliphatic carbocycles. The van der Waals surface area contributed by atoms with Gasteiger partial charge in [0.25, 0.3) is 0 Å². The van der Waals surface area contributed by atoms with Crippen LogP contribution < -0.4 is 0 Å². The average Bonchev–Trinajstić information content (AvgIpc) is 3.92. The molecule has 0 saturated heterocycles. The van der Waals surface area contributed by atoms with Crippen molar-refractivity contribution in [2.24, 2.45) is 0 Å². The van der Waals surface area contributed by atoms with Gasteiger partial charge >= 0.3 is 23.9 Å². The van der Waals surface area contributed by atoms with Gasteiger partial charge in [0.1, 0.15) is 34.0 Å². The zero-order chi connectivity index (χ0) is 42.4. The summed E-state index contributed by atoms with van der Waals surface area (Å²) in [5.74, 6) is -2.12. The quantitative estimate of drug-likeness (QED) is 0.0724. The smallest absolute Gasteiger partial charge is 0.355 e. The molecule has 12 nitrogen and oxygen atoms in total. The van der Waals surface area contributed by atoms with Crippen LogP contribution in [0.25, 0.3) is 0 Å². The predicted octanol–water partition coefficient (Wildman–Crippen LogP) is 9.07. The van der Waals surface area contributed by atoms with Crippen molar-refractivity contribution in [1.82, 2.24) is 19.9 Å². The summed E-state index contributed by atoms with van der Waals surface area (Å²) >= 11 is 0. The number of fused-ring (bicyclic) bond motifs is 1. The molecule has 0 spiro atoms. The molecule has 0 unspecified atom stereocenters. The van der Waals surface area contributed by atoms with Crippen molar-refractivity contribution in [2.75, 3.05) is 13.2 Å². The highest BCUT2D eigenvalue weighted by Crippen LogP contribution is 2.57. The first-order valence-electron chi connectivity index (χ1n) is 21.2. The van der Waals surface area contributed by atoms with Crippen LogP contribution in [0, 0.1) is 0 Å². The maximum Gasteiger partial charge on any atom is 0.355 e. The van der Waals surface area contributed by atoms with E-state index in [0.717, 1.165) is 80.1 Å². The number of carbonyl (C=O) groups excluding carboxylic acids is 4. The molecule has 0 amide bonds. The molecule has 2 bridgehead atoms. The van der Waals surface area contributed by atoms with Crippen molar-refractivity contribution in [3.05, 3.63) is 90.1 Å². The molecule has 4 N–H and O–H groups in total. The van der Waals surface area contributed by atoms with Crippen LogP contribution in [-0.2, 0) is 57.5 Å². The summed E-state index contributed by atoms with van der Waals surface area (Å²) in [7, 11) is 0. The number of hydrogen-bond acceptors (Lipinski definition) is 8. The molecule has 314 valence electrons. The highest BCUT2D eigenvalue weighted by Gasteiger charge is 2.48. The minimum atomic E-state index is -0.659.